The minimum absolute atomic E-state index is 0.195. The van der Waals surface area contributed by atoms with E-state index in [0.717, 1.165) is 17.8 Å². The van der Waals surface area contributed by atoms with E-state index in [9.17, 15) is 9.90 Å². The van der Waals surface area contributed by atoms with E-state index >= 15 is 0 Å². The van der Waals surface area contributed by atoms with Crippen molar-refractivity contribution in [2.45, 2.75) is 32.9 Å². The molecule has 1 heterocycles. The zero-order chi connectivity index (χ0) is 15.9. The third-order valence-electron chi connectivity index (χ3n) is 3.49. The Kier molecular flexibility index (Phi) is 5.36. The van der Waals surface area contributed by atoms with Gasteiger partial charge < -0.3 is 10.4 Å². The van der Waals surface area contributed by atoms with Crippen LogP contribution in [0.2, 0.25) is 0 Å². The van der Waals surface area contributed by atoms with E-state index < -0.39 is 0 Å². The minimum atomic E-state index is -0.213. The molecule has 0 fully saturated rings. The lowest BCUT2D eigenvalue weighted by atomic mass is 10.0. The first-order valence-corrected chi connectivity index (χ1v) is 7.44. The highest BCUT2D eigenvalue weighted by Gasteiger charge is 2.14. The Morgan fingerprint density at radius 3 is 2.82 bits per heavy atom. The molecule has 1 unspecified atom stereocenters. The summed E-state index contributed by atoms with van der Waals surface area (Å²) >= 11 is 0. The second-order valence-electron chi connectivity index (χ2n) is 4.93. The highest BCUT2D eigenvalue weighted by molar-refractivity contribution is 5.91. The van der Waals surface area contributed by atoms with E-state index in [-0.39, 0.29) is 17.7 Å². The van der Waals surface area contributed by atoms with Crippen LogP contribution in [0.15, 0.2) is 42.6 Å². The molecule has 0 bridgehead atoms. The fourth-order valence-electron chi connectivity index (χ4n) is 2.31. The number of phenols is 1. The Morgan fingerprint density at radius 2 is 2.14 bits per heavy atom. The number of nitrogens with one attached hydrogen (secondary N) is 1. The average Bonchev–Trinajstić information content (AvgIpc) is 2.99. The van der Waals surface area contributed by atoms with Crippen molar-refractivity contribution in [1.82, 2.24) is 15.1 Å². The lowest BCUT2D eigenvalue weighted by Crippen LogP contribution is -2.26. The molecule has 0 aliphatic carbocycles. The zero-order valence-corrected chi connectivity index (χ0v) is 12.9. The van der Waals surface area contributed by atoms with Crippen LogP contribution in [0.3, 0.4) is 0 Å². The maximum absolute atomic E-state index is 12.1. The summed E-state index contributed by atoms with van der Waals surface area (Å²) in [7, 11) is 0. The van der Waals surface area contributed by atoms with Crippen molar-refractivity contribution in [3.63, 3.8) is 0 Å². The third kappa shape index (κ3) is 3.75. The highest BCUT2D eigenvalue weighted by Crippen LogP contribution is 2.25. The molecule has 116 valence electrons. The number of amides is 1. The molecule has 1 atom stereocenters. The van der Waals surface area contributed by atoms with E-state index in [1.54, 1.807) is 24.4 Å². The van der Waals surface area contributed by atoms with Crippen LogP contribution in [-0.4, -0.2) is 20.8 Å². The van der Waals surface area contributed by atoms with Crippen LogP contribution < -0.4 is 5.32 Å². The molecular formula is C17H21N3O2. The first-order valence-electron chi connectivity index (χ1n) is 7.44. The number of aromatic hydroxyl groups is 1. The van der Waals surface area contributed by atoms with Gasteiger partial charge in [0.1, 0.15) is 5.75 Å². The van der Waals surface area contributed by atoms with Crippen molar-refractivity contribution in [1.29, 1.82) is 0 Å². The predicted molar refractivity (Wildman–Crippen MR) is 86.2 cm³/mol. The monoisotopic (exact) mass is 299 g/mol. The van der Waals surface area contributed by atoms with Gasteiger partial charge in [0.25, 0.3) is 0 Å². The third-order valence-corrected chi connectivity index (χ3v) is 3.49. The van der Waals surface area contributed by atoms with Crippen LogP contribution in [0.1, 0.15) is 37.6 Å². The van der Waals surface area contributed by atoms with Crippen molar-refractivity contribution in [2.24, 2.45) is 0 Å². The number of carbonyl (C=O) groups excluding carboxylic acids is 1. The molecule has 1 aromatic carbocycles. The molecule has 2 rings (SSSR count). The maximum atomic E-state index is 12.1. The number of nitrogens with zero attached hydrogens (tertiary/aromatic N) is 2. The van der Waals surface area contributed by atoms with Crippen LogP contribution in [0.25, 0.3) is 6.08 Å². The van der Waals surface area contributed by atoms with Gasteiger partial charge in [-0.1, -0.05) is 25.1 Å². The first kappa shape index (κ1) is 15.8. The summed E-state index contributed by atoms with van der Waals surface area (Å²) < 4.78 is 1.81. The Hall–Kier alpha value is -2.56. The number of hydrogen-bond acceptors (Lipinski definition) is 3. The summed E-state index contributed by atoms with van der Waals surface area (Å²) in [4.78, 5) is 12.1. The van der Waals surface area contributed by atoms with Crippen LogP contribution in [0.4, 0.5) is 0 Å². The van der Waals surface area contributed by atoms with Gasteiger partial charge in [-0.15, -0.1) is 0 Å². The normalized spacial score (nSPS) is 12.5. The average molecular weight is 299 g/mol. The predicted octanol–water partition coefficient (Wildman–Crippen LogP) is 2.89. The Balaban J connectivity index is 2.05. The smallest absolute Gasteiger partial charge is 0.244 e. The number of aryl methyl sites for hydroxylation is 1. The lowest BCUT2D eigenvalue weighted by molar-refractivity contribution is -0.117. The summed E-state index contributed by atoms with van der Waals surface area (Å²) in [6.07, 6.45) is 5.64. The molecule has 0 aliphatic heterocycles. The van der Waals surface area contributed by atoms with Gasteiger partial charge in [0.05, 0.1) is 11.7 Å². The van der Waals surface area contributed by atoms with Crippen LogP contribution in [-0.2, 0) is 11.3 Å². The van der Waals surface area contributed by atoms with Gasteiger partial charge in [-0.3, -0.25) is 9.48 Å². The fourth-order valence-corrected chi connectivity index (χ4v) is 2.31. The standard InChI is InChI=1S/C17H21N3O2/c1-3-15(14-7-5-6-8-16(14)21)19-17(22)10-9-13-11-12-18-20(13)4-2/h5-12,15,21H,3-4H2,1-2H3,(H,19,22). The number of hydrogen-bond donors (Lipinski definition) is 2. The molecule has 0 aliphatic rings. The van der Waals surface area contributed by atoms with Crippen molar-refractivity contribution >= 4 is 12.0 Å². The van der Waals surface area contributed by atoms with E-state index in [2.05, 4.69) is 10.4 Å². The summed E-state index contributed by atoms with van der Waals surface area (Å²) in [6, 6.07) is 8.69. The molecule has 0 spiro atoms. The number of benzene rings is 1. The molecular weight excluding hydrogens is 278 g/mol. The zero-order valence-electron chi connectivity index (χ0n) is 12.9. The molecule has 0 saturated heterocycles. The van der Waals surface area contributed by atoms with E-state index in [4.69, 9.17) is 0 Å². The molecule has 2 N–H and O–H groups in total. The molecule has 5 heteroatoms. The van der Waals surface area contributed by atoms with Gasteiger partial charge in [0.2, 0.25) is 5.91 Å². The highest BCUT2D eigenvalue weighted by atomic mass is 16.3. The minimum Gasteiger partial charge on any atom is -0.508 e. The Labute approximate surface area is 130 Å². The van der Waals surface area contributed by atoms with Gasteiger partial charge in [-0.2, -0.15) is 5.10 Å². The van der Waals surface area contributed by atoms with E-state index in [0.29, 0.717) is 6.42 Å². The van der Waals surface area contributed by atoms with Crippen LogP contribution in [0, 0.1) is 0 Å². The number of aromatic nitrogens is 2. The molecule has 0 saturated carbocycles. The lowest BCUT2D eigenvalue weighted by Gasteiger charge is -2.17. The quantitative estimate of drug-likeness (QED) is 0.806. The van der Waals surface area contributed by atoms with Crippen molar-refractivity contribution in [3.8, 4) is 5.75 Å². The van der Waals surface area contributed by atoms with Gasteiger partial charge in [0, 0.05) is 24.4 Å². The summed E-state index contributed by atoms with van der Waals surface area (Å²) in [5, 5.41) is 17.0. The van der Waals surface area contributed by atoms with Gasteiger partial charge in [-0.25, -0.2) is 0 Å². The van der Waals surface area contributed by atoms with E-state index in [1.165, 1.54) is 6.08 Å². The second kappa shape index (κ2) is 7.45. The van der Waals surface area contributed by atoms with Crippen molar-refractivity contribution in [3.05, 3.63) is 53.9 Å². The van der Waals surface area contributed by atoms with Crippen molar-refractivity contribution < 1.29 is 9.90 Å². The summed E-state index contributed by atoms with van der Waals surface area (Å²) in [5.41, 5.74) is 1.61. The fraction of sp³-hybridized carbons (Fsp3) is 0.294. The van der Waals surface area contributed by atoms with Gasteiger partial charge >= 0.3 is 0 Å². The number of carbonyl (C=O) groups is 1. The van der Waals surface area contributed by atoms with Gasteiger partial charge in [-0.05, 0) is 31.6 Å². The second-order valence-corrected chi connectivity index (χ2v) is 4.93. The molecule has 0 radical (unpaired) electrons. The molecule has 22 heavy (non-hydrogen) atoms. The molecule has 5 nitrogen and oxygen atoms in total. The summed E-state index contributed by atoms with van der Waals surface area (Å²) in [6.45, 7) is 4.72. The van der Waals surface area contributed by atoms with Crippen LogP contribution >= 0.6 is 0 Å². The first-order chi connectivity index (χ1) is 10.7. The maximum Gasteiger partial charge on any atom is 0.244 e. The van der Waals surface area contributed by atoms with Crippen molar-refractivity contribution in [2.75, 3.05) is 0 Å². The number of phenolic OH excluding ortho intramolecular Hbond substituents is 1. The molecule has 1 amide bonds. The molecule has 1 aromatic heterocycles. The van der Waals surface area contributed by atoms with E-state index in [1.807, 2.05) is 36.7 Å². The topological polar surface area (TPSA) is 67.2 Å². The largest absolute Gasteiger partial charge is 0.508 e. The Morgan fingerprint density at radius 1 is 1.36 bits per heavy atom. The SMILES string of the molecule is CCC(NC(=O)C=Cc1ccnn1CC)c1ccccc1O. The number of para-hydroxylation sites is 1. The number of rotatable bonds is 6. The summed E-state index contributed by atoms with van der Waals surface area (Å²) in [5.74, 6) is 0.00152. The Bertz CT molecular complexity index is 661. The molecule has 2 aromatic rings. The van der Waals surface area contributed by atoms with Crippen LogP contribution in [0.5, 0.6) is 5.75 Å². The van der Waals surface area contributed by atoms with Gasteiger partial charge in [0.15, 0.2) is 0 Å².